The van der Waals surface area contributed by atoms with Crippen molar-refractivity contribution in [3.05, 3.63) is 29.8 Å². The first-order valence-corrected chi connectivity index (χ1v) is 5.60. The van der Waals surface area contributed by atoms with Crippen LogP contribution in [0.5, 0.6) is 0 Å². The summed E-state index contributed by atoms with van der Waals surface area (Å²) in [6, 6.07) is 7.69. The molecular formula is C9H11ClOS. The summed E-state index contributed by atoms with van der Waals surface area (Å²) in [6.07, 6.45) is 0. The van der Waals surface area contributed by atoms with Crippen molar-refractivity contribution in [2.24, 2.45) is 0 Å². The minimum absolute atomic E-state index is 0.445. The maximum Gasteiger partial charge on any atom is 0.0541 e. The van der Waals surface area contributed by atoms with Crippen LogP contribution < -0.4 is 0 Å². The molecule has 1 rings (SSSR count). The van der Waals surface area contributed by atoms with Crippen molar-refractivity contribution in [3.63, 3.8) is 0 Å². The molecule has 0 bridgehead atoms. The normalized spacial score (nSPS) is 12.8. The van der Waals surface area contributed by atoms with Gasteiger partial charge in [-0.15, -0.1) is 11.6 Å². The second-order valence-electron chi connectivity index (χ2n) is 2.55. The summed E-state index contributed by atoms with van der Waals surface area (Å²) >= 11 is 5.48. The molecule has 1 nitrogen and oxygen atoms in total. The molecule has 1 atom stereocenters. The Morgan fingerprint density at radius 1 is 1.33 bits per heavy atom. The SMILES string of the molecule is Cc1ccc([S@@](=O)CCCl)cc1. The zero-order valence-corrected chi connectivity index (χ0v) is 8.49. The summed E-state index contributed by atoms with van der Waals surface area (Å²) in [5.74, 6) is 0.977. The highest BCUT2D eigenvalue weighted by atomic mass is 35.5. The number of hydrogen-bond donors (Lipinski definition) is 0. The third-order valence-electron chi connectivity index (χ3n) is 1.55. The number of aryl methyl sites for hydroxylation is 1. The highest BCUT2D eigenvalue weighted by molar-refractivity contribution is 7.85. The van der Waals surface area contributed by atoms with Crippen molar-refractivity contribution in [3.8, 4) is 0 Å². The van der Waals surface area contributed by atoms with Gasteiger partial charge in [0.15, 0.2) is 0 Å². The Morgan fingerprint density at radius 3 is 2.42 bits per heavy atom. The second kappa shape index (κ2) is 4.63. The predicted molar refractivity (Wildman–Crippen MR) is 53.2 cm³/mol. The van der Waals surface area contributed by atoms with Crippen molar-refractivity contribution >= 4 is 22.4 Å². The topological polar surface area (TPSA) is 17.1 Å². The van der Waals surface area contributed by atoms with E-state index in [1.807, 2.05) is 31.2 Å². The summed E-state index contributed by atoms with van der Waals surface area (Å²) in [5.41, 5.74) is 1.18. The molecule has 1 aromatic carbocycles. The number of alkyl halides is 1. The molecule has 0 aromatic heterocycles. The van der Waals surface area contributed by atoms with Gasteiger partial charge in [0, 0.05) is 16.5 Å². The Kier molecular flexibility index (Phi) is 3.76. The van der Waals surface area contributed by atoms with Gasteiger partial charge in [0.1, 0.15) is 0 Å². The fourth-order valence-electron chi connectivity index (χ4n) is 0.878. The van der Waals surface area contributed by atoms with E-state index >= 15 is 0 Å². The van der Waals surface area contributed by atoms with Crippen molar-refractivity contribution < 1.29 is 4.21 Å². The maximum atomic E-state index is 11.4. The van der Waals surface area contributed by atoms with Crippen molar-refractivity contribution in [1.29, 1.82) is 0 Å². The van der Waals surface area contributed by atoms with Gasteiger partial charge in [-0.3, -0.25) is 4.21 Å². The van der Waals surface area contributed by atoms with Crippen LogP contribution in [-0.2, 0) is 10.8 Å². The van der Waals surface area contributed by atoms with Gasteiger partial charge in [0.05, 0.1) is 10.8 Å². The van der Waals surface area contributed by atoms with Gasteiger partial charge < -0.3 is 0 Å². The molecule has 0 unspecified atom stereocenters. The molecule has 0 aliphatic rings. The molecule has 66 valence electrons. The van der Waals surface area contributed by atoms with Crippen LogP contribution in [0.1, 0.15) is 5.56 Å². The highest BCUT2D eigenvalue weighted by Crippen LogP contribution is 2.08. The Labute approximate surface area is 80.2 Å². The summed E-state index contributed by atoms with van der Waals surface area (Å²) in [4.78, 5) is 0.862. The zero-order chi connectivity index (χ0) is 8.97. The van der Waals surface area contributed by atoms with Gasteiger partial charge in [0.25, 0.3) is 0 Å². The predicted octanol–water partition coefficient (Wildman–Crippen LogP) is 2.34. The van der Waals surface area contributed by atoms with Crippen LogP contribution in [0.2, 0.25) is 0 Å². The molecule has 0 saturated heterocycles. The smallest absolute Gasteiger partial charge is 0.0541 e. The van der Waals surface area contributed by atoms with Crippen LogP contribution in [0, 0.1) is 6.92 Å². The fraction of sp³-hybridized carbons (Fsp3) is 0.333. The van der Waals surface area contributed by atoms with E-state index in [-0.39, 0.29) is 0 Å². The van der Waals surface area contributed by atoms with Crippen LogP contribution in [-0.4, -0.2) is 15.8 Å². The van der Waals surface area contributed by atoms with Gasteiger partial charge in [-0.1, -0.05) is 17.7 Å². The van der Waals surface area contributed by atoms with Crippen molar-refractivity contribution in [2.75, 3.05) is 11.6 Å². The third kappa shape index (κ3) is 2.61. The van der Waals surface area contributed by atoms with Gasteiger partial charge >= 0.3 is 0 Å². The molecule has 3 heteroatoms. The monoisotopic (exact) mass is 202 g/mol. The van der Waals surface area contributed by atoms with E-state index in [1.165, 1.54) is 5.56 Å². The van der Waals surface area contributed by atoms with Gasteiger partial charge in [0.2, 0.25) is 0 Å². The lowest BCUT2D eigenvalue weighted by Crippen LogP contribution is -1.98. The molecule has 0 amide bonds. The lowest BCUT2D eigenvalue weighted by molar-refractivity contribution is 0.684. The lowest BCUT2D eigenvalue weighted by atomic mass is 10.2. The average Bonchev–Trinajstić information content (AvgIpc) is 2.06. The van der Waals surface area contributed by atoms with Crippen LogP contribution >= 0.6 is 11.6 Å². The number of halogens is 1. The Morgan fingerprint density at radius 2 is 1.92 bits per heavy atom. The average molecular weight is 203 g/mol. The number of benzene rings is 1. The standard InChI is InChI=1S/C9H11ClOS/c1-8-2-4-9(5-3-8)12(11)7-6-10/h2-5H,6-7H2,1H3/t12-/m0/s1. The van der Waals surface area contributed by atoms with Gasteiger partial charge in [-0.25, -0.2) is 0 Å². The first kappa shape index (κ1) is 9.75. The zero-order valence-electron chi connectivity index (χ0n) is 6.92. The van der Waals surface area contributed by atoms with Crippen LogP contribution in [0.4, 0.5) is 0 Å². The molecule has 12 heavy (non-hydrogen) atoms. The van der Waals surface area contributed by atoms with E-state index in [1.54, 1.807) is 0 Å². The first-order valence-electron chi connectivity index (χ1n) is 3.75. The maximum absolute atomic E-state index is 11.4. The molecule has 0 fully saturated rings. The molecule has 0 aliphatic carbocycles. The van der Waals surface area contributed by atoms with E-state index in [9.17, 15) is 4.21 Å². The first-order chi connectivity index (χ1) is 5.74. The van der Waals surface area contributed by atoms with Crippen molar-refractivity contribution in [1.82, 2.24) is 0 Å². The Hall–Kier alpha value is -0.340. The summed E-state index contributed by atoms with van der Waals surface area (Å²) in [6.45, 7) is 2.01. The van der Waals surface area contributed by atoms with Crippen LogP contribution in [0.3, 0.4) is 0 Å². The molecule has 0 radical (unpaired) electrons. The van der Waals surface area contributed by atoms with E-state index in [0.717, 1.165) is 4.90 Å². The summed E-state index contributed by atoms with van der Waals surface area (Å²) in [5, 5.41) is 0. The largest absolute Gasteiger partial charge is 0.254 e. The molecule has 0 saturated carbocycles. The number of rotatable bonds is 3. The van der Waals surface area contributed by atoms with E-state index in [2.05, 4.69) is 0 Å². The van der Waals surface area contributed by atoms with E-state index < -0.39 is 10.8 Å². The van der Waals surface area contributed by atoms with Crippen molar-refractivity contribution in [2.45, 2.75) is 11.8 Å². The minimum atomic E-state index is -0.924. The van der Waals surface area contributed by atoms with Crippen LogP contribution in [0.25, 0.3) is 0 Å². The molecular weight excluding hydrogens is 192 g/mol. The van der Waals surface area contributed by atoms with Gasteiger partial charge in [-0.05, 0) is 19.1 Å². The molecule has 0 spiro atoms. The number of hydrogen-bond acceptors (Lipinski definition) is 1. The van der Waals surface area contributed by atoms with E-state index in [0.29, 0.717) is 11.6 Å². The Balaban J connectivity index is 2.75. The quantitative estimate of drug-likeness (QED) is 0.688. The Bertz CT molecular complexity index is 268. The van der Waals surface area contributed by atoms with Crippen LogP contribution in [0.15, 0.2) is 29.2 Å². The molecule has 1 aromatic rings. The molecule has 0 aliphatic heterocycles. The third-order valence-corrected chi connectivity index (χ3v) is 3.33. The highest BCUT2D eigenvalue weighted by Gasteiger charge is 2.00. The summed E-state index contributed by atoms with van der Waals surface area (Å²) < 4.78 is 11.4. The second-order valence-corrected chi connectivity index (χ2v) is 4.50. The van der Waals surface area contributed by atoms with Gasteiger partial charge in [-0.2, -0.15) is 0 Å². The molecule has 0 heterocycles. The summed E-state index contributed by atoms with van der Waals surface area (Å²) in [7, 11) is -0.924. The fourth-order valence-corrected chi connectivity index (χ4v) is 2.11. The lowest BCUT2D eigenvalue weighted by Gasteiger charge is -1.99. The van der Waals surface area contributed by atoms with E-state index in [4.69, 9.17) is 11.6 Å². The molecule has 0 N–H and O–H groups in total. The minimum Gasteiger partial charge on any atom is -0.254 e.